The van der Waals surface area contributed by atoms with Crippen molar-refractivity contribution in [2.75, 3.05) is 13.1 Å². The number of carboxylic acid groups (broad SMARTS) is 1. The van der Waals surface area contributed by atoms with Crippen molar-refractivity contribution in [1.29, 1.82) is 0 Å². The maximum Gasteiger partial charge on any atom is 0.307 e. The maximum atomic E-state index is 13.4. The van der Waals surface area contributed by atoms with Gasteiger partial charge in [-0.05, 0) is 25.0 Å². The molecule has 2 heterocycles. The lowest BCUT2D eigenvalue weighted by molar-refractivity contribution is -0.149. The molecule has 0 bridgehead atoms. The van der Waals surface area contributed by atoms with E-state index in [1.165, 1.54) is 18.3 Å². The van der Waals surface area contributed by atoms with Crippen LogP contribution in [0, 0.1) is 11.8 Å². The van der Waals surface area contributed by atoms with Gasteiger partial charge in [-0.25, -0.2) is 22.2 Å². The minimum atomic E-state index is -3.91. The number of sulfone groups is 1. The zero-order chi connectivity index (χ0) is 19.1. The summed E-state index contributed by atoms with van der Waals surface area (Å²) < 4.78 is 52.1. The monoisotopic (exact) mass is 388 g/mol. The highest BCUT2D eigenvalue weighted by Gasteiger charge is 2.51. The van der Waals surface area contributed by atoms with Crippen molar-refractivity contribution in [3.05, 3.63) is 24.4 Å². The molecule has 1 amide bonds. The molecule has 0 radical (unpaired) electrons. The lowest BCUT2D eigenvalue weighted by atomic mass is 9.95. The van der Waals surface area contributed by atoms with Gasteiger partial charge in [-0.2, -0.15) is 0 Å². The number of carbonyl (C=O) groups is 2. The van der Waals surface area contributed by atoms with Crippen molar-refractivity contribution in [2.24, 2.45) is 11.8 Å². The number of rotatable bonds is 4. The highest BCUT2D eigenvalue weighted by Crippen LogP contribution is 2.40. The third-order valence-corrected chi connectivity index (χ3v) is 7.09. The summed E-state index contributed by atoms with van der Waals surface area (Å²) >= 11 is 0. The van der Waals surface area contributed by atoms with Crippen molar-refractivity contribution in [3.63, 3.8) is 0 Å². The van der Waals surface area contributed by atoms with Crippen LogP contribution >= 0.6 is 0 Å². The van der Waals surface area contributed by atoms with E-state index in [4.69, 9.17) is 0 Å². The number of halogens is 2. The van der Waals surface area contributed by atoms with Crippen molar-refractivity contribution < 1.29 is 31.9 Å². The van der Waals surface area contributed by atoms with Crippen LogP contribution in [0.15, 0.2) is 29.4 Å². The Hall–Kier alpha value is -2.10. The Labute approximate surface area is 148 Å². The van der Waals surface area contributed by atoms with Crippen LogP contribution in [0.2, 0.25) is 0 Å². The van der Waals surface area contributed by atoms with E-state index < -0.39 is 57.7 Å². The molecule has 26 heavy (non-hydrogen) atoms. The molecule has 142 valence electrons. The Morgan fingerprint density at radius 2 is 1.92 bits per heavy atom. The largest absolute Gasteiger partial charge is 0.481 e. The van der Waals surface area contributed by atoms with Crippen LogP contribution in [0.3, 0.4) is 0 Å². The number of likely N-dealkylation sites (tertiary alicyclic amines) is 1. The van der Waals surface area contributed by atoms with Crippen molar-refractivity contribution in [3.8, 4) is 0 Å². The zero-order valence-corrected chi connectivity index (χ0v) is 14.5. The van der Waals surface area contributed by atoms with E-state index in [1.54, 1.807) is 6.07 Å². The van der Waals surface area contributed by atoms with E-state index in [1.807, 2.05) is 0 Å². The number of pyridine rings is 1. The first kappa shape index (κ1) is 18.7. The van der Waals surface area contributed by atoms with Crippen LogP contribution in [0.4, 0.5) is 8.78 Å². The van der Waals surface area contributed by atoms with Gasteiger partial charge in [-0.3, -0.25) is 9.59 Å². The second-order valence-electron chi connectivity index (χ2n) is 6.72. The van der Waals surface area contributed by atoms with Crippen LogP contribution < -0.4 is 0 Å². The zero-order valence-electron chi connectivity index (χ0n) is 13.7. The second-order valence-corrected chi connectivity index (χ2v) is 8.90. The third-order valence-electron chi connectivity index (χ3n) is 5.00. The molecule has 0 aromatic carbocycles. The molecule has 1 saturated carbocycles. The number of nitrogens with zero attached hydrogens (tertiary/aromatic N) is 2. The fraction of sp³-hybridized carbons (Fsp3) is 0.562. The predicted octanol–water partition coefficient (Wildman–Crippen LogP) is 1.20. The summed E-state index contributed by atoms with van der Waals surface area (Å²) in [4.78, 5) is 28.9. The van der Waals surface area contributed by atoms with E-state index in [2.05, 4.69) is 4.98 Å². The first-order valence-corrected chi connectivity index (χ1v) is 9.71. The molecule has 1 saturated heterocycles. The van der Waals surface area contributed by atoms with Crippen molar-refractivity contribution >= 4 is 21.7 Å². The summed E-state index contributed by atoms with van der Waals surface area (Å²) in [6.45, 7) is -0.918. The molecular weight excluding hydrogens is 370 g/mol. The van der Waals surface area contributed by atoms with Gasteiger partial charge in [0, 0.05) is 19.2 Å². The van der Waals surface area contributed by atoms with Gasteiger partial charge in [-0.1, -0.05) is 6.07 Å². The Morgan fingerprint density at radius 1 is 1.23 bits per heavy atom. The van der Waals surface area contributed by atoms with Crippen LogP contribution in [-0.2, 0) is 19.4 Å². The fourth-order valence-electron chi connectivity index (χ4n) is 3.64. The Bertz CT molecular complexity index is 815. The molecular formula is C16H18F2N2O5S. The highest BCUT2D eigenvalue weighted by atomic mass is 32.2. The molecule has 3 rings (SSSR count). The van der Waals surface area contributed by atoms with Gasteiger partial charge in [0.05, 0.1) is 23.6 Å². The average molecular weight is 388 g/mol. The van der Waals surface area contributed by atoms with Crippen molar-refractivity contribution in [1.82, 2.24) is 9.88 Å². The summed E-state index contributed by atoms with van der Waals surface area (Å²) in [7, 11) is -3.91. The number of aromatic nitrogens is 1. The molecule has 1 aliphatic carbocycles. The minimum Gasteiger partial charge on any atom is -0.481 e. The molecule has 1 N–H and O–H groups in total. The van der Waals surface area contributed by atoms with Gasteiger partial charge in [0.1, 0.15) is 0 Å². The SMILES string of the molecule is O=C(O)[C@@H]1C[C@@H](S(=O)(=O)c2ccccn2)C[C@H]1C(=O)N1CCC(F)(F)C1. The number of hydrogen-bond donors (Lipinski definition) is 1. The normalized spacial score (nSPS) is 28.2. The first-order valence-electron chi connectivity index (χ1n) is 8.16. The van der Waals surface area contributed by atoms with Crippen molar-refractivity contribution in [2.45, 2.75) is 35.5 Å². The maximum absolute atomic E-state index is 13.4. The summed E-state index contributed by atoms with van der Waals surface area (Å²) in [5.74, 6) is -7.36. The molecule has 7 nitrogen and oxygen atoms in total. The van der Waals surface area contributed by atoms with E-state index in [9.17, 15) is 31.9 Å². The molecule has 0 spiro atoms. The topological polar surface area (TPSA) is 105 Å². The number of carboxylic acids is 1. The van der Waals surface area contributed by atoms with Gasteiger partial charge in [0.15, 0.2) is 14.9 Å². The molecule has 1 aromatic rings. The summed E-state index contributed by atoms with van der Waals surface area (Å²) in [5.41, 5.74) is 0. The van der Waals surface area contributed by atoms with E-state index in [0.717, 1.165) is 4.90 Å². The number of hydrogen-bond acceptors (Lipinski definition) is 5. The molecule has 10 heteroatoms. The molecule has 1 aromatic heterocycles. The van der Waals surface area contributed by atoms with Gasteiger partial charge >= 0.3 is 5.97 Å². The lowest BCUT2D eigenvalue weighted by Crippen LogP contribution is -2.39. The predicted molar refractivity (Wildman–Crippen MR) is 85.2 cm³/mol. The Balaban J connectivity index is 1.83. The number of amides is 1. The van der Waals surface area contributed by atoms with E-state index >= 15 is 0 Å². The Morgan fingerprint density at radius 3 is 2.46 bits per heavy atom. The molecule has 1 aliphatic heterocycles. The summed E-state index contributed by atoms with van der Waals surface area (Å²) in [6.07, 6.45) is 0.385. The van der Waals surface area contributed by atoms with Crippen LogP contribution in [0.25, 0.3) is 0 Å². The Kier molecular flexibility index (Phi) is 4.72. The highest BCUT2D eigenvalue weighted by molar-refractivity contribution is 7.92. The molecule has 3 atom stereocenters. The molecule has 0 unspecified atom stereocenters. The van der Waals surface area contributed by atoms with E-state index in [0.29, 0.717) is 0 Å². The van der Waals surface area contributed by atoms with Crippen LogP contribution in [-0.4, -0.2) is 59.5 Å². The van der Waals surface area contributed by atoms with Crippen LogP contribution in [0.1, 0.15) is 19.3 Å². The average Bonchev–Trinajstić information content (AvgIpc) is 3.19. The van der Waals surface area contributed by atoms with E-state index in [-0.39, 0.29) is 24.4 Å². The first-order chi connectivity index (χ1) is 12.1. The molecule has 2 aliphatic rings. The van der Waals surface area contributed by atoms with Crippen LogP contribution in [0.5, 0.6) is 0 Å². The van der Waals surface area contributed by atoms with Gasteiger partial charge in [0.25, 0.3) is 5.92 Å². The smallest absolute Gasteiger partial charge is 0.307 e. The summed E-state index contributed by atoms with van der Waals surface area (Å²) in [5, 5.41) is 8.13. The minimum absolute atomic E-state index is 0.160. The molecule has 2 fully saturated rings. The van der Waals surface area contributed by atoms with Gasteiger partial charge in [-0.15, -0.1) is 0 Å². The quantitative estimate of drug-likeness (QED) is 0.831. The number of carbonyl (C=O) groups excluding carboxylic acids is 1. The third kappa shape index (κ3) is 3.42. The van der Waals surface area contributed by atoms with Gasteiger partial charge in [0.2, 0.25) is 5.91 Å². The fourth-order valence-corrected chi connectivity index (χ4v) is 5.37. The number of aliphatic carboxylic acids is 1. The summed E-state index contributed by atoms with van der Waals surface area (Å²) in [6, 6.07) is 4.35. The standard InChI is InChI=1S/C16H18F2N2O5S/c17-16(18)4-6-20(9-16)14(21)11-7-10(8-12(11)15(22)23)26(24,25)13-3-1-2-5-19-13/h1-3,5,10-12H,4,6-9H2,(H,22,23)/t10-,11+,12+/m0/s1. The van der Waals surface area contributed by atoms with Gasteiger partial charge < -0.3 is 10.0 Å². The lowest BCUT2D eigenvalue weighted by Gasteiger charge is -2.22. The second kappa shape index (κ2) is 6.57. The number of alkyl halides is 2.